The van der Waals surface area contributed by atoms with Crippen molar-refractivity contribution in [1.29, 1.82) is 5.41 Å². The lowest BCUT2D eigenvalue weighted by Gasteiger charge is -2.28. The molecule has 0 radical (unpaired) electrons. The zero-order valence-electron chi connectivity index (χ0n) is 11.8. The van der Waals surface area contributed by atoms with E-state index in [0.717, 1.165) is 6.21 Å². The zero-order chi connectivity index (χ0) is 14.8. The number of pyridine rings is 1. The Morgan fingerprint density at radius 1 is 1.60 bits per heavy atom. The topological polar surface area (TPSA) is 92.3 Å². The third kappa shape index (κ3) is 3.19. The van der Waals surface area contributed by atoms with Crippen molar-refractivity contribution in [2.45, 2.75) is 5.21 Å². The van der Waals surface area contributed by atoms with Gasteiger partial charge in [0.2, 0.25) is 0 Å². The van der Waals surface area contributed by atoms with Crippen molar-refractivity contribution in [2.24, 2.45) is 0 Å². The molecule has 0 aromatic carbocycles. The minimum Gasteiger partial charge on any atom is -0.398 e. The first kappa shape index (κ1) is 14.6. The molecule has 1 aliphatic rings. The number of aromatic nitrogens is 1. The molecule has 104 valence electrons. The number of hydrogen-bond donors (Lipinski definition) is 2. The molecule has 20 heavy (non-hydrogen) atoms. The van der Waals surface area contributed by atoms with Crippen LogP contribution in [0.15, 0.2) is 12.3 Å². The summed E-state index contributed by atoms with van der Waals surface area (Å²) in [5.41, 5.74) is 7.01. The number of hydrogen-bond acceptors (Lipinski definition) is 5. The predicted molar refractivity (Wildman–Crippen MR) is 83.0 cm³/mol. The lowest BCUT2D eigenvalue weighted by Crippen LogP contribution is -2.39. The number of nitrogen functional groups attached to an aromatic ring is 1. The van der Waals surface area contributed by atoms with Crippen molar-refractivity contribution < 1.29 is 9.53 Å². The van der Waals surface area contributed by atoms with Crippen LogP contribution in [0.5, 0.6) is 0 Å². The number of amides is 1. The fraction of sp³-hybridized carbons (Fsp3) is 0.417. The molecule has 0 unspecified atom stereocenters. The van der Waals surface area contributed by atoms with Gasteiger partial charge in [0, 0.05) is 43.4 Å². The largest absolute Gasteiger partial charge is 0.398 e. The maximum absolute atomic E-state index is 12.5. The van der Waals surface area contributed by atoms with Crippen molar-refractivity contribution in [3.8, 4) is 0 Å². The molecule has 2 heterocycles. The number of carbonyl (C=O) groups excluding carboxylic acids is 1. The van der Waals surface area contributed by atoms with Crippen LogP contribution in [0, 0.1) is 5.41 Å². The monoisotopic (exact) mass is 272 g/mol. The van der Waals surface area contributed by atoms with Crippen LogP contribution in [0.4, 0.5) is 5.69 Å². The van der Waals surface area contributed by atoms with E-state index in [-0.39, 0.29) is 11.1 Å². The average molecular weight is 272 g/mol. The van der Waals surface area contributed by atoms with Crippen molar-refractivity contribution in [3.63, 3.8) is 0 Å². The van der Waals surface area contributed by atoms with Crippen LogP contribution in [-0.2, 0) is 4.74 Å². The molecule has 3 N–H and O–H groups in total. The maximum Gasteiger partial charge on any atom is 0.272 e. The van der Waals surface area contributed by atoms with E-state index in [0.29, 0.717) is 43.2 Å². The normalized spacial score (nSPS) is 18.3. The smallest absolute Gasteiger partial charge is 0.272 e. The average Bonchev–Trinajstić information content (AvgIpc) is 2.58. The quantitative estimate of drug-likeness (QED) is 0.507. The highest BCUT2D eigenvalue weighted by Crippen LogP contribution is 2.22. The zero-order valence-corrected chi connectivity index (χ0v) is 11.8. The standard InChI is InChI=1S/C12H18B2N4O2/c13-12(14)6-18(1-2-20-7-12)11(19)10-3-9(16)8(4-15)5-17-10/h3-5,15H,1-2,6-7,13-14H2,(H2,16,17). The van der Waals surface area contributed by atoms with Crippen LogP contribution in [-0.4, -0.2) is 64.0 Å². The SMILES string of the molecule is BC1(B)COCCN(C(=O)c2cc(N)c(C=N)cn2)C1. The van der Waals surface area contributed by atoms with Gasteiger partial charge in [-0.15, -0.1) is 0 Å². The Hall–Kier alpha value is -1.82. The molecule has 1 fully saturated rings. The number of ether oxygens (including phenoxy) is 1. The molecule has 0 bridgehead atoms. The van der Waals surface area contributed by atoms with Gasteiger partial charge >= 0.3 is 0 Å². The summed E-state index contributed by atoms with van der Waals surface area (Å²) in [6.07, 6.45) is 2.58. The summed E-state index contributed by atoms with van der Waals surface area (Å²) in [5.74, 6) is -0.146. The number of rotatable bonds is 2. The van der Waals surface area contributed by atoms with Gasteiger partial charge < -0.3 is 20.8 Å². The number of nitrogens with two attached hydrogens (primary N) is 1. The van der Waals surface area contributed by atoms with Crippen molar-refractivity contribution in [2.75, 3.05) is 32.0 Å². The fourth-order valence-corrected chi connectivity index (χ4v) is 2.22. The molecule has 0 saturated carbocycles. The molecule has 2 rings (SSSR count). The summed E-state index contributed by atoms with van der Waals surface area (Å²) < 4.78 is 5.52. The van der Waals surface area contributed by atoms with Gasteiger partial charge in [0.15, 0.2) is 0 Å². The second-order valence-electron chi connectivity index (χ2n) is 5.79. The summed E-state index contributed by atoms with van der Waals surface area (Å²) in [6, 6.07) is 1.53. The molecule has 1 amide bonds. The van der Waals surface area contributed by atoms with Crippen molar-refractivity contribution in [1.82, 2.24) is 9.88 Å². The Kier molecular flexibility index (Phi) is 4.13. The molecule has 0 atom stereocenters. The molecule has 6 nitrogen and oxygen atoms in total. The van der Waals surface area contributed by atoms with Gasteiger partial charge in [-0.3, -0.25) is 9.78 Å². The Labute approximate surface area is 120 Å². The van der Waals surface area contributed by atoms with E-state index in [1.807, 2.05) is 0 Å². The van der Waals surface area contributed by atoms with Crippen LogP contribution in [0.25, 0.3) is 0 Å². The molecule has 1 aromatic rings. The molecule has 0 spiro atoms. The Morgan fingerprint density at radius 2 is 2.35 bits per heavy atom. The minimum atomic E-state index is -0.146. The molecular formula is C12H18B2N4O2. The van der Waals surface area contributed by atoms with Gasteiger partial charge in [-0.25, -0.2) is 0 Å². The third-order valence-electron chi connectivity index (χ3n) is 3.25. The van der Waals surface area contributed by atoms with Gasteiger partial charge in [-0.2, -0.15) is 0 Å². The van der Waals surface area contributed by atoms with E-state index in [2.05, 4.69) is 20.7 Å². The highest BCUT2D eigenvalue weighted by atomic mass is 16.5. The van der Waals surface area contributed by atoms with Crippen LogP contribution < -0.4 is 5.73 Å². The van der Waals surface area contributed by atoms with Gasteiger partial charge in [0.1, 0.15) is 21.4 Å². The summed E-state index contributed by atoms with van der Waals surface area (Å²) in [5, 5.41) is 7.11. The van der Waals surface area contributed by atoms with Crippen LogP contribution >= 0.6 is 0 Å². The van der Waals surface area contributed by atoms with Gasteiger partial charge in [-0.1, -0.05) is 0 Å². The van der Waals surface area contributed by atoms with Crippen LogP contribution in [0.3, 0.4) is 0 Å². The highest BCUT2D eigenvalue weighted by molar-refractivity contribution is 6.40. The first-order valence-electron chi connectivity index (χ1n) is 6.56. The van der Waals surface area contributed by atoms with E-state index in [1.165, 1.54) is 12.3 Å². The molecule has 0 aliphatic carbocycles. The Morgan fingerprint density at radius 3 is 3.00 bits per heavy atom. The fourth-order valence-electron chi connectivity index (χ4n) is 2.22. The number of carbonyl (C=O) groups is 1. The van der Waals surface area contributed by atoms with Crippen molar-refractivity contribution in [3.05, 3.63) is 23.5 Å². The number of nitrogens with zero attached hydrogens (tertiary/aromatic N) is 2. The lowest BCUT2D eigenvalue weighted by molar-refractivity contribution is 0.0735. The van der Waals surface area contributed by atoms with Crippen molar-refractivity contribution >= 4 is 33.5 Å². The first-order valence-corrected chi connectivity index (χ1v) is 6.56. The molecule has 1 aromatic heterocycles. The summed E-state index contributed by atoms with van der Waals surface area (Å²) >= 11 is 0. The van der Waals surface area contributed by atoms with Gasteiger partial charge in [0.25, 0.3) is 5.91 Å². The lowest BCUT2D eigenvalue weighted by atomic mass is 9.55. The number of nitrogens with one attached hydrogen (secondary N) is 1. The first-order chi connectivity index (χ1) is 9.43. The third-order valence-corrected chi connectivity index (χ3v) is 3.25. The van der Waals surface area contributed by atoms with Crippen LogP contribution in [0.2, 0.25) is 5.21 Å². The maximum atomic E-state index is 12.5. The Balaban J connectivity index is 2.21. The molecular weight excluding hydrogens is 254 g/mol. The summed E-state index contributed by atoms with van der Waals surface area (Å²) in [6.45, 7) is 2.35. The molecule has 1 aliphatic heterocycles. The van der Waals surface area contributed by atoms with E-state index in [1.54, 1.807) is 4.90 Å². The molecule has 1 saturated heterocycles. The Bertz CT molecular complexity index is 536. The van der Waals surface area contributed by atoms with Gasteiger partial charge in [0.05, 0.1) is 6.61 Å². The van der Waals surface area contributed by atoms with E-state index in [4.69, 9.17) is 15.9 Å². The van der Waals surface area contributed by atoms with E-state index in [9.17, 15) is 4.79 Å². The molecule has 8 heteroatoms. The summed E-state index contributed by atoms with van der Waals surface area (Å²) in [7, 11) is 4.14. The highest BCUT2D eigenvalue weighted by Gasteiger charge is 2.29. The number of anilines is 1. The predicted octanol–water partition coefficient (Wildman–Crippen LogP) is -1.48. The second kappa shape index (κ2) is 5.66. The van der Waals surface area contributed by atoms with E-state index >= 15 is 0 Å². The van der Waals surface area contributed by atoms with Crippen LogP contribution in [0.1, 0.15) is 16.1 Å². The minimum absolute atomic E-state index is 0.0768. The second-order valence-corrected chi connectivity index (χ2v) is 5.79. The summed E-state index contributed by atoms with van der Waals surface area (Å²) in [4.78, 5) is 18.3. The van der Waals surface area contributed by atoms with E-state index < -0.39 is 0 Å². The van der Waals surface area contributed by atoms with Gasteiger partial charge in [-0.05, 0) is 11.3 Å².